The highest BCUT2D eigenvalue weighted by molar-refractivity contribution is 6.31. The number of benzene rings is 1. The molecular weight excluding hydrogens is 281 g/mol. The molecule has 0 saturated carbocycles. The first-order valence-corrected chi connectivity index (χ1v) is 7.03. The van der Waals surface area contributed by atoms with Crippen molar-refractivity contribution in [2.45, 2.75) is 25.8 Å². The van der Waals surface area contributed by atoms with Crippen molar-refractivity contribution in [1.82, 2.24) is 15.5 Å². The Morgan fingerprint density at radius 2 is 2.30 bits per heavy atom. The highest BCUT2D eigenvalue weighted by atomic mass is 35.5. The summed E-state index contributed by atoms with van der Waals surface area (Å²) < 4.78 is 18.5. The highest BCUT2D eigenvalue weighted by Crippen LogP contribution is 2.28. The van der Waals surface area contributed by atoms with Crippen LogP contribution < -0.4 is 5.32 Å². The van der Waals surface area contributed by atoms with Crippen molar-refractivity contribution in [3.63, 3.8) is 0 Å². The molecular formula is C14H15ClFN3O. The number of hydrogen-bond acceptors (Lipinski definition) is 4. The van der Waals surface area contributed by atoms with Gasteiger partial charge in [0.1, 0.15) is 5.82 Å². The van der Waals surface area contributed by atoms with Crippen LogP contribution in [-0.2, 0) is 0 Å². The van der Waals surface area contributed by atoms with E-state index in [0.29, 0.717) is 23.2 Å². The van der Waals surface area contributed by atoms with Crippen LogP contribution in [0.1, 0.15) is 31.7 Å². The molecule has 2 aromatic rings. The SMILES string of the molecule is CC1CCNC(c2nc(-c3ccc(F)c(Cl)c3)no2)C1. The number of piperidine rings is 1. The van der Waals surface area contributed by atoms with Crippen molar-refractivity contribution in [1.29, 1.82) is 0 Å². The molecule has 2 atom stereocenters. The predicted octanol–water partition coefficient (Wildman–Crippen LogP) is 3.59. The van der Waals surface area contributed by atoms with Crippen molar-refractivity contribution in [3.05, 3.63) is 34.9 Å². The molecule has 2 heterocycles. The van der Waals surface area contributed by atoms with Crippen molar-refractivity contribution in [2.75, 3.05) is 6.54 Å². The molecule has 6 heteroatoms. The minimum Gasteiger partial charge on any atom is -0.337 e. The molecule has 1 aliphatic heterocycles. The first-order valence-electron chi connectivity index (χ1n) is 6.66. The Bertz CT molecular complexity index is 616. The van der Waals surface area contributed by atoms with Crippen LogP contribution in [0.15, 0.2) is 22.7 Å². The molecule has 4 nitrogen and oxygen atoms in total. The van der Waals surface area contributed by atoms with Gasteiger partial charge < -0.3 is 9.84 Å². The molecule has 1 aromatic carbocycles. The molecule has 1 aliphatic rings. The van der Waals surface area contributed by atoms with Gasteiger partial charge in [0.15, 0.2) is 0 Å². The second-order valence-corrected chi connectivity index (χ2v) is 5.63. The summed E-state index contributed by atoms with van der Waals surface area (Å²) in [5.74, 6) is 1.19. The molecule has 1 fully saturated rings. The molecule has 1 saturated heterocycles. The van der Waals surface area contributed by atoms with Gasteiger partial charge in [-0.25, -0.2) is 4.39 Å². The van der Waals surface area contributed by atoms with Gasteiger partial charge in [0.2, 0.25) is 11.7 Å². The highest BCUT2D eigenvalue weighted by Gasteiger charge is 2.25. The fraction of sp³-hybridized carbons (Fsp3) is 0.429. The van der Waals surface area contributed by atoms with Crippen molar-refractivity contribution in [2.24, 2.45) is 5.92 Å². The third kappa shape index (κ3) is 2.69. The van der Waals surface area contributed by atoms with Gasteiger partial charge in [-0.1, -0.05) is 23.7 Å². The van der Waals surface area contributed by atoms with E-state index < -0.39 is 5.82 Å². The van der Waals surface area contributed by atoms with Crippen LogP contribution >= 0.6 is 11.6 Å². The molecule has 2 unspecified atom stereocenters. The topological polar surface area (TPSA) is 51.0 Å². The van der Waals surface area contributed by atoms with Gasteiger partial charge in [-0.2, -0.15) is 4.98 Å². The lowest BCUT2D eigenvalue weighted by Crippen LogP contribution is -2.30. The summed E-state index contributed by atoms with van der Waals surface area (Å²) in [6.45, 7) is 3.16. The van der Waals surface area contributed by atoms with Gasteiger partial charge in [0.05, 0.1) is 11.1 Å². The third-order valence-electron chi connectivity index (χ3n) is 3.58. The molecule has 0 bridgehead atoms. The quantitative estimate of drug-likeness (QED) is 0.920. The second kappa shape index (κ2) is 5.50. The maximum Gasteiger partial charge on any atom is 0.244 e. The van der Waals surface area contributed by atoms with Crippen molar-refractivity contribution >= 4 is 11.6 Å². The van der Waals surface area contributed by atoms with E-state index in [9.17, 15) is 4.39 Å². The van der Waals surface area contributed by atoms with Crippen LogP contribution in [0.3, 0.4) is 0 Å². The first-order chi connectivity index (χ1) is 9.63. The van der Waals surface area contributed by atoms with Crippen LogP contribution in [0.4, 0.5) is 4.39 Å². The standard InChI is InChI=1S/C14H15ClFN3O/c1-8-4-5-17-12(6-8)14-18-13(19-20-14)9-2-3-11(16)10(15)7-9/h2-3,7-8,12,17H,4-6H2,1H3. The predicted molar refractivity (Wildman–Crippen MR) is 73.8 cm³/mol. The molecule has 0 radical (unpaired) electrons. The Balaban J connectivity index is 1.84. The number of halogens is 2. The van der Waals surface area contributed by atoms with E-state index in [1.54, 1.807) is 6.07 Å². The van der Waals surface area contributed by atoms with Gasteiger partial charge in [0, 0.05) is 5.56 Å². The zero-order valence-corrected chi connectivity index (χ0v) is 11.8. The average molecular weight is 296 g/mol. The van der Waals surface area contributed by atoms with E-state index in [1.807, 2.05) is 0 Å². The van der Waals surface area contributed by atoms with E-state index in [2.05, 4.69) is 22.4 Å². The van der Waals surface area contributed by atoms with Crippen LogP contribution in [-0.4, -0.2) is 16.7 Å². The zero-order valence-electron chi connectivity index (χ0n) is 11.1. The minimum atomic E-state index is -0.457. The maximum atomic E-state index is 13.1. The second-order valence-electron chi connectivity index (χ2n) is 5.22. The number of aromatic nitrogens is 2. The molecule has 3 rings (SSSR count). The van der Waals surface area contributed by atoms with Crippen LogP contribution in [0.2, 0.25) is 5.02 Å². The lowest BCUT2D eigenvalue weighted by atomic mass is 9.94. The van der Waals surface area contributed by atoms with Crippen molar-refractivity contribution in [3.8, 4) is 11.4 Å². The number of nitrogens with one attached hydrogen (secondary N) is 1. The lowest BCUT2D eigenvalue weighted by molar-refractivity contribution is 0.260. The summed E-state index contributed by atoms with van der Waals surface area (Å²) in [5.41, 5.74) is 0.648. The normalized spacial score (nSPS) is 22.9. The van der Waals surface area contributed by atoms with Gasteiger partial charge >= 0.3 is 0 Å². The molecule has 1 N–H and O–H groups in total. The molecule has 20 heavy (non-hydrogen) atoms. The first kappa shape index (κ1) is 13.5. The van der Waals surface area contributed by atoms with Crippen LogP contribution in [0.25, 0.3) is 11.4 Å². The summed E-state index contributed by atoms with van der Waals surface area (Å²) in [7, 11) is 0. The van der Waals surface area contributed by atoms with Crippen molar-refractivity contribution < 1.29 is 8.91 Å². The summed E-state index contributed by atoms with van der Waals surface area (Å²) in [5, 5.41) is 7.37. The van der Waals surface area contributed by atoms with E-state index in [-0.39, 0.29) is 11.1 Å². The maximum absolute atomic E-state index is 13.1. The Hall–Kier alpha value is -1.46. The van der Waals surface area contributed by atoms with Crippen LogP contribution in [0.5, 0.6) is 0 Å². The largest absolute Gasteiger partial charge is 0.337 e. The van der Waals surface area contributed by atoms with Gasteiger partial charge in [0.25, 0.3) is 0 Å². The summed E-state index contributed by atoms with van der Waals surface area (Å²) in [6.07, 6.45) is 2.14. The number of rotatable bonds is 2. The Kier molecular flexibility index (Phi) is 3.72. The summed E-state index contributed by atoms with van der Waals surface area (Å²) >= 11 is 5.76. The van der Waals surface area contributed by atoms with Gasteiger partial charge in [-0.15, -0.1) is 0 Å². The fourth-order valence-corrected chi connectivity index (χ4v) is 2.61. The Labute approximate surface area is 121 Å². The average Bonchev–Trinajstić information content (AvgIpc) is 2.92. The zero-order chi connectivity index (χ0) is 14.1. The monoisotopic (exact) mass is 295 g/mol. The number of nitrogens with zero attached hydrogens (tertiary/aromatic N) is 2. The van der Waals surface area contributed by atoms with E-state index in [0.717, 1.165) is 19.4 Å². The van der Waals surface area contributed by atoms with Gasteiger partial charge in [-0.05, 0) is 43.5 Å². The smallest absolute Gasteiger partial charge is 0.244 e. The third-order valence-corrected chi connectivity index (χ3v) is 3.87. The molecule has 1 aromatic heterocycles. The molecule has 0 amide bonds. The van der Waals surface area contributed by atoms with Gasteiger partial charge in [-0.3, -0.25) is 0 Å². The fourth-order valence-electron chi connectivity index (χ4n) is 2.42. The van der Waals surface area contributed by atoms with Crippen LogP contribution in [0, 0.1) is 11.7 Å². The molecule has 0 spiro atoms. The number of hydrogen-bond donors (Lipinski definition) is 1. The summed E-state index contributed by atoms with van der Waals surface area (Å²) in [4.78, 5) is 4.39. The summed E-state index contributed by atoms with van der Waals surface area (Å²) in [6, 6.07) is 4.49. The van der Waals surface area contributed by atoms with E-state index >= 15 is 0 Å². The van der Waals surface area contributed by atoms with E-state index in [1.165, 1.54) is 12.1 Å². The molecule has 106 valence electrons. The lowest BCUT2D eigenvalue weighted by Gasteiger charge is -2.25. The van der Waals surface area contributed by atoms with E-state index in [4.69, 9.17) is 16.1 Å². The Morgan fingerprint density at radius 1 is 1.45 bits per heavy atom. The molecule has 0 aliphatic carbocycles. The Morgan fingerprint density at radius 3 is 3.05 bits per heavy atom. The minimum absolute atomic E-state index is 0.0539.